The molecule has 72 valence electrons. The van der Waals surface area contributed by atoms with Crippen molar-refractivity contribution in [1.82, 2.24) is 4.98 Å². The van der Waals surface area contributed by atoms with Gasteiger partial charge < -0.3 is 4.74 Å². The van der Waals surface area contributed by atoms with Crippen LogP contribution in [0.3, 0.4) is 0 Å². The van der Waals surface area contributed by atoms with Crippen molar-refractivity contribution in [3.05, 3.63) is 40.1 Å². The van der Waals surface area contributed by atoms with Crippen LogP contribution in [0.4, 0.5) is 4.39 Å². The number of ether oxygens (including phenoxy) is 1. The molecule has 0 aliphatic carbocycles. The van der Waals surface area contributed by atoms with Gasteiger partial charge >= 0.3 is 0 Å². The van der Waals surface area contributed by atoms with Gasteiger partial charge in [0.2, 0.25) is 0 Å². The quantitative estimate of drug-likeness (QED) is 0.830. The third-order valence-electron chi connectivity index (χ3n) is 1.46. The van der Waals surface area contributed by atoms with Crippen molar-refractivity contribution in [3.63, 3.8) is 0 Å². The molecule has 0 atom stereocenters. The Kier molecular flexibility index (Phi) is 2.79. The first-order valence-electron chi connectivity index (χ1n) is 3.79. The average molecular weight is 274 g/mol. The summed E-state index contributed by atoms with van der Waals surface area (Å²) in [5, 5.41) is 0.488. The summed E-state index contributed by atoms with van der Waals surface area (Å²) in [5.74, 6) is 0.130. The van der Waals surface area contributed by atoms with Gasteiger partial charge in [0.15, 0.2) is 0 Å². The molecule has 0 unspecified atom stereocenters. The van der Waals surface area contributed by atoms with Crippen molar-refractivity contribution in [3.8, 4) is 10.9 Å². The fraction of sp³-hybridized carbons (Fsp3) is 0. The summed E-state index contributed by atoms with van der Waals surface area (Å²) in [4.78, 5) is 3.97. The summed E-state index contributed by atoms with van der Waals surface area (Å²) in [6.45, 7) is 0. The summed E-state index contributed by atoms with van der Waals surface area (Å²) < 4.78 is 19.0. The van der Waals surface area contributed by atoms with Gasteiger partial charge in [0.1, 0.15) is 11.6 Å². The molecule has 0 aliphatic rings. The van der Waals surface area contributed by atoms with Crippen LogP contribution in [0.25, 0.3) is 0 Å². The minimum Gasteiger partial charge on any atom is -0.431 e. The SMILES string of the molecule is Fc1cccc(Oc2ncc(Br)s2)c1. The first-order chi connectivity index (χ1) is 6.74. The van der Waals surface area contributed by atoms with Crippen LogP contribution in [-0.4, -0.2) is 4.98 Å². The topological polar surface area (TPSA) is 22.1 Å². The van der Waals surface area contributed by atoms with Gasteiger partial charge in [-0.1, -0.05) is 17.4 Å². The number of halogens is 2. The van der Waals surface area contributed by atoms with Crippen molar-refractivity contribution < 1.29 is 9.13 Å². The Morgan fingerprint density at radius 1 is 1.43 bits per heavy atom. The van der Waals surface area contributed by atoms with Crippen LogP contribution < -0.4 is 4.74 Å². The molecule has 0 amide bonds. The number of rotatable bonds is 2. The molecule has 0 saturated carbocycles. The lowest BCUT2D eigenvalue weighted by Gasteiger charge is -1.99. The zero-order valence-electron chi connectivity index (χ0n) is 6.91. The second-order valence-electron chi connectivity index (χ2n) is 2.49. The van der Waals surface area contributed by atoms with Gasteiger partial charge in [-0.2, -0.15) is 0 Å². The summed E-state index contributed by atoms with van der Waals surface area (Å²) in [6, 6.07) is 5.95. The van der Waals surface area contributed by atoms with Gasteiger partial charge in [-0.05, 0) is 28.1 Å². The smallest absolute Gasteiger partial charge is 0.279 e. The molecule has 5 heteroatoms. The normalized spacial score (nSPS) is 10.1. The Morgan fingerprint density at radius 3 is 2.93 bits per heavy atom. The molecule has 14 heavy (non-hydrogen) atoms. The Bertz CT molecular complexity index is 446. The van der Waals surface area contributed by atoms with Crippen LogP contribution in [0.2, 0.25) is 0 Å². The van der Waals surface area contributed by atoms with E-state index in [-0.39, 0.29) is 5.82 Å². The predicted octanol–water partition coefficient (Wildman–Crippen LogP) is 3.84. The predicted molar refractivity (Wildman–Crippen MR) is 56.3 cm³/mol. The molecule has 2 aromatic rings. The molecule has 2 nitrogen and oxygen atoms in total. The third-order valence-corrected chi connectivity index (χ3v) is 2.81. The van der Waals surface area contributed by atoms with Crippen LogP contribution in [0, 0.1) is 5.82 Å². The van der Waals surface area contributed by atoms with Gasteiger partial charge in [-0.3, -0.25) is 0 Å². The summed E-state index contributed by atoms with van der Waals surface area (Å²) in [6.07, 6.45) is 1.64. The van der Waals surface area contributed by atoms with E-state index in [1.165, 1.54) is 23.5 Å². The van der Waals surface area contributed by atoms with Gasteiger partial charge in [-0.25, -0.2) is 9.37 Å². The van der Waals surface area contributed by atoms with E-state index in [0.717, 1.165) is 3.79 Å². The Balaban J connectivity index is 2.18. The first kappa shape index (κ1) is 9.61. The fourth-order valence-corrected chi connectivity index (χ4v) is 1.95. The highest BCUT2D eigenvalue weighted by Crippen LogP contribution is 2.29. The van der Waals surface area contributed by atoms with E-state index < -0.39 is 0 Å². The van der Waals surface area contributed by atoms with E-state index in [1.54, 1.807) is 18.3 Å². The molecule has 0 aliphatic heterocycles. The average Bonchev–Trinajstić information content (AvgIpc) is 2.51. The van der Waals surface area contributed by atoms with Crippen LogP contribution in [0.15, 0.2) is 34.2 Å². The van der Waals surface area contributed by atoms with E-state index >= 15 is 0 Å². The molecule has 0 spiro atoms. The maximum atomic E-state index is 12.8. The highest BCUT2D eigenvalue weighted by atomic mass is 79.9. The Hall–Kier alpha value is -0.940. The van der Waals surface area contributed by atoms with Gasteiger partial charge in [0.05, 0.1) is 9.98 Å². The number of thiazole rings is 1. The van der Waals surface area contributed by atoms with E-state index in [0.29, 0.717) is 10.9 Å². The number of benzene rings is 1. The first-order valence-corrected chi connectivity index (χ1v) is 5.40. The summed E-state index contributed by atoms with van der Waals surface area (Å²) in [7, 11) is 0. The summed E-state index contributed by atoms with van der Waals surface area (Å²) >= 11 is 4.61. The zero-order valence-corrected chi connectivity index (χ0v) is 9.31. The lowest BCUT2D eigenvalue weighted by atomic mass is 10.3. The third kappa shape index (κ3) is 2.30. The van der Waals surface area contributed by atoms with Gasteiger partial charge in [0.25, 0.3) is 5.19 Å². The van der Waals surface area contributed by atoms with E-state index in [2.05, 4.69) is 20.9 Å². The van der Waals surface area contributed by atoms with Crippen molar-refractivity contribution in [1.29, 1.82) is 0 Å². The lowest BCUT2D eigenvalue weighted by molar-refractivity contribution is 0.473. The van der Waals surface area contributed by atoms with E-state index in [9.17, 15) is 4.39 Å². The maximum Gasteiger partial charge on any atom is 0.279 e. The molecular weight excluding hydrogens is 269 g/mol. The number of aromatic nitrogens is 1. The van der Waals surface area contributed by atoms with Gasteiger partial charge in [-0.15, -0.1) is 0 Å². The van der Waals surface area contributed by atoms with E-state index in [4.69, 9.17) is 4.74 Å². The number of nitrogens with zero attached hydrogens (tertiary/aromatic N) is 1. The van der Waals surface area contributed by atoms with Crippen LogP contribution in [0.1, 0.15) is 0 Å². The minimum atomic E-state index is -0.321. The molecule has 2 rings (SSSR count). The standard InChI is InChI=1S/C9H5BrFNOS/c10-8-5-12-9(14-8)13-7-3-1-2-6(11)4-7/h1-5H. The van der Waals surface area contributed by atoms with Crippen LogP contribution in [-0.2, 0) is 0 Å². The molecule has 0 saturated heterocycles. The number of hydrogen-bond donors (Lipinski definition) is 0. The maximum absolute atomic E-state index is 12.8. The van der Waals surface area contributed by atoms with Crippen molar-refractivity contribution >= 4 is 27.3 Å². The highest BCUT2D eigenvalue weighted by molar-refractivity contribution is 9.11. The lowest BCUT2D eigenvalue weighted by Crippen LogP contribution is -1.83. The molecule has 0 bridgehead atoms. The second kappa shape index (κ2) is 4.06. The van der Waals surface area contributed by atoms with E-state index in [1.807, 2.05) is 0 Å². The molecular formula is C9H5BrFNOS. The molecule has 1 heterocycles. The minimum absolute atomic E-state index is 0.321. The van der Waals surface area contributed by atoms with Crippen molar-refractivity contribution in [2.45, 2.75) is 0 Å². The largest absolute Gasteiger partial charge is 0.431 e. The number of hydrogen-bond acceptors (Lipinski definition) is 3. The van der Waals surface area contributed by atoms with Crippen LogP contribution >= 0.6 is 27.3 Å². The molecule has 0 radical (unpaired) electrons. The Labute approximate surface area is 92.5 Å². The molecule has 1 aromatic carbocycles. The Morgan fingerprint density at radius 2 is 2.29 bits per heavy atom. The second-order valence-corrected chi connectivity index (χ2v) is 4.86. The zero-order chi connectivity index (χ0) is 9.97. The molecule has 0 fully saturated rings. The highest BCUT2D eigenvalue weighted by Gasteiger charge is 2.02. The van der Waals surface area contributed by atoms with Crippen LogP contribution in [0.5, 0.6) is 10.9 Å². The summed E-state index contributed by atoms with van der Waals surface area (Å²) in [5.41, 5.74) is 0. The van der Waals surface area contributed by atoms with Crippen molar-refractivity contribution in [2.75, 3.05) is 0 Å². The molecule has 0 N–H and O–H groups in total. The van der Waals surface area contributed by atoms with Crippen molar-refractivity contribution in [2.24, 2.45) is 0 Å². The van der Waals surface area contributed by atoms with Gasteiger partial charge in [0, 0.05) is 6.07 Å². The molecule has 1 aromatic heterocycles. The monoisotopic (exact) mass is 273 g/mol. The fourth-order valence-electron chi connectivity index (χ4n) is 0.918.